The van der Waals surface area contributed by atoms with Crippen LogP contribution in [0.2, 0.25) is 0 Å². The van der Waals surface area contributed by atoms with E-state index in [2.05, 4.69) is 18.2 Å². The van der Waals surface area contributed by atoms with Gasteiger partial charge in [-0.1, -0.05) is 72.8 Å². The predicted molar refractivity (Wildman–Crippen MR) is 108 cm³/mol. The maximum atomic E-state index is 13.0. The van der Waals surface area contributed by atoms with Crippen LogP contribution in [0.1, 0.15) is 22.7 Å². The summed E-state index contributed by atoms with van der Waals surface area (Å²) in [6.45, 7) is 0.486. The van der Waals surface area contributed by atoms with Crippen molar-refractivity contribution in [2.75, 3.05) is 6.54 Å². The molecule has 4 rings (SSSR count). The molecule has 1 radical (unpaired) electrons. The average Bonchev–Trinajstić information content (AvgIpc) is 2.74. The molecule has 0 aliphatic carbocycles. The lowest BCUT2D eigenvalue weighted by Gasteiger charge is -2.35. The summed E-state index contributed by atoms with van der Waals surface area (Å²) >= 11 is 0. The zero-order chi connectivity index (χ0) is 19.5. The van der Waals surface area contributed by atoms with E-state index in [1.165, 1.54) is 0 Å². The van der Waals surface area contributed by atoms with E-state index in [1.807, 2.05) is 54.6 Å². The van der Waals surface area contributed by atoms with Gasteiger partial charge in [-0.05, 0) is 40.3 Å². The van der Waals surface area contributed by atoms with Gasteiger partial charge in [-0.2, -0.15) is 0 Å². The molecule has 1 aliphatic rings. The summed E-state index contributed by atoms with van der Waals surface area (Å²) < 4.78 is 0. The van der Waals surface area contributed by atoms with Crippen LogP contribution in [-0.4, -0.2) is 23.3 Å². The Kier molecular flexibility index (Phi) is 4.94. The molecule has 2 amide bonds. The molecule has 0 spiro atoms. The molecule has 0 aromatic heterocycles. The van der Waals surface area contributed by atoms with Gasteiger partial charge in [-0.15, -0.1) is 0 Å². The minimum atomic E-state index is -0.713. The third-order valence-corrected chi connectivity index (χ3v) is 5.22. The third-order valence-electron chi connectivity index (χ3n) is 5.22. The van der Waals surface area contributed by atoms with Crippen LogP contribution in [-0.2, 0) is 22.4 Å². The number of amides is 2. The van der Waals surface area contributed by atoms with E-state index < -0.39 is 11.9 Å². The summed E-state index contributed by atoms with van der Waals surface area (Å²) in [6, 6.07) is 25.8. The number of carbonyl (C=O) groups is 2. The lowest BCUT2D eigenvalue weighted by molar-refractivity contribution is -0.139. The molecular weight excluding hydrogens is 348 g/mol. The summed E-state index contributed by atoms with van der Waals surface area (Å²) in [4.78, 5) is 26.7. The molecule has 1 unspecified atom stereocenters. The van der Waals surface area contributed by atoms with Crippen molar-refractivity contribution in [1.29, 1.82) is 0 Å². The van der Waals surface area contributed by atoms with Crippen LogP contribution in [0.25, 0.3) is 11.1 Å². The van der Waals surface area contributed by atoms with Gasteiger partial charge in [0.1, 0.15) is 6.04 Å². The molecule has 2 N–H and O–H groups in total. The second-order valence-electron chi connectivity index (χ2n) is 7.01. The molecule has 3 aromatic carbocycles. The summed E-state index contributed by atoms with van der Waals surface area (Å²) in [6.07, 6.45) is 0.947. The summed E-state index contributed by atoms with van der Waals surface area (Å²) in [5.41, 5.74) is 10.6. The monoisotopic (exact) mass is 369 g/mol. The number of hydrogen-bond donors (Lipinski definition) is 1. The van der Waals surface area contributed by atoms with Crippen molar-refractivity contribution in [1.82, 2.24) is 4.90 Å². The van der Waals surface area contributed by atoms with E-state index in [9.17, 15) is 9.59 Å². The second-order valence-corrected chi connectivity index (χ2v) is 7.01. The van der Waals surface area contributed by atoms with Crippen LogP contribution in [0.3, 0.4) is 0 Å². The number of carbonyl (C=O) groups excluding carboxylic acids is 2. The van der Waals surface area contributed by atoms with Gasteiger partial charge in [0.25, 0.3) is 0 Å². The Morgan fingerprint density at radius 1 is 1.00 bits per heavy atom. The Hall–Kier alpha value is -3.40. The van der Waals surface area contributed by atoms with Crippen LogP contribution >= 0.6 is 0 Å². The Bertz CT molecular complexity index is 997. The number of nitrogens with two attached hydrogens (primary N) is 1. The Morgan fingerprint density at radius 2 is 1.71 bits per heavy atom. The molecule has 0 fully saturated rings. The molecule has 1 heterocycles. The lowest BCUT2D eigenvalue weighted by atomic mass is 9.91. The van der Waals surface area contributed by atoms with E-state index in [-0.39, 0.29) is 12.3 Å². The highest BCUT2D eigenvalue weighted by molar-refractivity contribution is 5.89. The van der Waals surface area contributed by atoms with Crippen LogP contribution in [0.5, 0.6) is 0 Å². The molecule has 0 bridgehead atoms. The van der Waals surface area contributed by atoms with Gasteiger partial charge in [0.05, 0.1) is 6.42 Å². The van der Waals surface area contributed by atoms with E-state index in [0.717, 1.165) is 27.8 Å². The van der Waals surface area contributed by atoms with Gasteiger partial charge >= 0.3 is 0 Å². The molecular formula is C24H21N2O2. The topological polar surface area (TPSA) is 63.4 Å². The highest BCUT2D eigenvalue weighted by Gasteiger charge is 2.34. The molecule has 1 atom stereocenters. The predicted octanol–water partition coefficient (Wildman–Crippen LogP) is 3.31. The van der Waals surface area contributed by atoms with Crippen molar-refractivity contribution < 1.29 is 9.59 Å². The number of rotatable bonds is 4. The minimum Gasteiger partial charge on any atom is -0.368 e. The first-order chi connectivity index (χ1) is 13.6. The van der Waals surface area contributed by atoms with Crippen LogP contribution in [0, 0.1) is 6.07 Å². The zero-order valence-electron chi connectivity index (χ0n) is 15.5. The molecule has 1 aliphatic heterocycles. The van der Waals surface area contributed by atoms with Gasteiger partial charge in [-0.25, -0.2) is 0 Å². The molecule has 0 saturated heterocycles. The maximum Gasteiger partial charge on any atom is 0.244 e. The number of fused-ring (bicyclic) bond motifs is 1. The highest BCUT2D eigenvalue weighted by Crippen LogP contribution is 2.30. The van der Waals surface area contributed by atoms with Gasteiger partial charge in [0.2, 0.25) is 11.8 Å². The zero-order valence-corrected chi connectivity index (χ0v) is 15.5. The fourth-order valence-electron chi connectivity index (χ4n) is 3.80. The largest absolute Gasteiger partial charge is 0.368 e. The molecule has 139 valence electrons. The molecule has 0 saturated carbocycles. The summed E-state index contributed by atoms with van der Waals surface area (Å²) in [7, 11) is 0. The van der Waals surface area contributed by atoms with Crippen molar-refractivity contribution in [2.24, 2.45) is 5.73 Å². The average molecular weight is 369 g/mol. The van der Waals surface area contributed by atoms with Crippen molar-refractivity contribution >= 4 is 11.8 Å². The standard InChI is InChI=1S/C24H21N2O2/c25-24(28)23-21-9-5-4-8-20(21)14-15-26(23)22(27)16-17-10-12-19(13-11-17)18-6-2-1-3-7-18/h1-3,5-13,23H,14-16H2,(H2,25,28). The smallest absolute Gasteiger partial charge is 0.244 e. The molecule has 28 heavy (non-hydrogen) atoms. The Balaban J connectivity index is 1.52. The fourth-order valence-corrected chi connectivity index (χ4v) is 3.80. The quantitative estimate of drug-likeness (QED) is 0.767. The van der Waals surface area contributed by atoms with Gasteiger partial charge in [0.15, 0.2) is 0 Å². The minimum absolute atomic E-state index is 0.0882. The number of nitrogens with zero attached hydrogens (tertiary/aromatic N) is 1. The van der Waals surface area contributed by atoms with Crippen molar-refractivity contribution in [3.63, 3.8) is 0 Å². The first-order valence-electron chi connectivity index (χ1n) is 9.35. The summed E-state index contributed by atoms with van der Waals surface area (Å²) in [5, 5.41) is 0. The first-order valence-corrected chi connectivity index (χ1v) is 9.35. The Labute approximate surface area is 164 Å². The van der Waals surface area contributed by atoms with Gasteiger partial charge in [0, 0.05) is 6.54 Å². The van der Waals surface area contributed by atoms with Crippen LogP contribution in [0.4, 0.5) is 0 Å². The molecule has 3 aromatic rings. The van der Waals surface area contributed by atoms with E-state index >= 15 is 0 Å². The second kappa shape index (κ2) is 7.69. The SMILES string of the molecule is NC(=O)C1c2cc[c]cc2CCN1C(=O)Cc1ccc(-c2ccccc2)cc1. The number of primary amides is 1. The fraction of sp³-hybridized carbons (Fsp3) is 0.167. The van der Waals surface area contributed by atoms with Crippen LogP contribution < -0.4 is 5.73 Å². The van der Waals surface area contributed by atoms with E-state index in [1.54, 1.807) is 11.0 Å². The first kappa shape index (κ1) is 18.0. The van der Waals surface area contributed by atoms with Crippen molar-refractivity contribution in [3.05, 3.63) is 95.6 Å². The van der Waals surface area contributed by atoms with E-state index in [0.29, 0.717) is 13.0 Å². The van der Waals surface area contributed by atoms with Crippen molar-refractivity contribution in [3.8, 4) is 11.1 Å². The van der Waals surface area contributed by atoms with Crippen molar-refractivity contribution in [2.45, 2.75) is 18.9 Å². The normalized spacial score (nSPS) is 15.7. The highest BCUT2D eigenvalue weighted by atomic mass is 16.2. The number of hydrogen-bond acceptors (Lipinski definition) is 2. The molecule has 4 heteroatoms. The molecule has 4 nitrogen and oxygen atoms in total. The van der Waals surface area contributed by atoms with Gasteiger partial charge < -0.3 is 10.6 Å². The Morgan fingerprint density at radius 3 is 2.43 bits per heavy atom. The maximum absolute atomic E-state index is 13.0. The summed E-state index contributed by atoms with van der Waals surface area (Å²) in [5.74, 6) is -0.588. The van der Waals surface area contributed by atoms with Gasteiger partial charge in [-0.3, -0.25) is 9.59 Å². The number of benzene rings is 3. The van der Waals surface area contributed by atoms with Crippen LogP contribution in [0.15, 0.2) is 72.8 Å². The lowest BCUT2D eigenvalue weighted by Crippen LogP contribution is -2.46. The third kappa shape index (κ3) is 3.54. The van der Waals surface area contributed by atoms with E-state index in [4.69, 9.17) is 5.73 Å².